The molecule has 2 atom stereocenters. The molecule has 0 aliphatic carbocycles. The Bertz CT molecular complexity index is 1110. The molecule has 0 amide bonds. The number of anilines is 1. The standard InChI is InChI=1S/C22H22FN2O5P/c23-19-6-1-2-7-20(19)30-18-5-3-4-16(11-18)13-31(28,29)14-17(22(26)27)10-15-8-9-21(24)25-12-15/h1-9,11-12,17H,10,13-14H2,(H2,24,25)(H,26,27)(H,28,29). The molecule has 1 heterocycles. The van der Waals surface area contributed by atoms with Crippen molar-refractivity contribution in [1.82, 2.24) is 4.98 Å². The Morgan fingerprint density at radius 3 is 2.58 bits per heavy atom. The van der Waals surface area contributed by atoms with Crippen LogP contribution in [0.25, 0.3) is 0 Å². The van der Waals surface area contributed by atoms with Gasteiger partial charge >= 0.3 is 5.97 Å². The summed E-state index contributed by atoms with van der Waals surface area (Å²) in [4.78, 5) is 26.1. The molecule has 0 saturated heterocycles. The van der Waals surface area contributed by atoms with Crippen LogP contribution in [0.5, 0.6) is 11.5 Å². The minimum absolute atomic E-state index is 0.0369. The third-order valence-corrected chi connectivity index (χ3v) is 6.45. The van der Waals surface area contributed by atoms with Crippen molar-refractivity contribution in [3.05, 3.63) is 83.8 Å². The van der Waals surface area contributed by atoms with Crippen molar-refractivity contribution in [2.75, 3.05) is 11.9 Å². The van der Waals surface area contributed by atoms with Gasteiger partial charge in [0.25, 0.3) is 0 Å². The molecule has 9 heteroatoms. The maximum Gasteiger partial charge on any atom is 0.307 e. The highest BCUT2D eigenvalue weighted by Crippen LogP contribution is 2.47. The summed E-state index contributed by atoms with van der Waals surface area (Å²) in [5.74, 6) is -2.09. The van der Waals surface area contributed by atoms with Crippen molar-refractivity contribution in [1.29, 1.82) is 0 Å². The van der Waals surface area contributed by atoms with E-state index < -0.39 is 31.2 Å². The van der Waals surface area contributed by atoms with E-state index in [1.54, 1.807) is 42.5 Å². The third-order valence-electron chi connectivity index (χ3n) is 4.58. The number of carboxylic acids is 1. The zero-order chi connectivity index (χ0) is 22.4. The van der Waals surface area contributed by atoms with Crippen LogP contribution in [0.3, 0.4) is 0 Å². The Hall–Kier alpha value is -3.22. The molecule has 0 aliphatic heterocycles. The predicted molar refractivity (Wildman–Crippen MR) is 115 cm³/mol. The van der Waals surface area contributed by atoms with E-state index >= 15 is 0 Å². The van der Waals surface area contributed by atoms with Gasteiger partial charge in [-0.2, -0.15) is 0 Å². The molecule has 0 saturated carbocycles. The van der Waals surface area contributed by atoms with Crippen molar-refractivity contribution in [2.45, 2.75) is 12.6 Å². The lowest BCUT2D eigenvalue weighted by atomic mass is 10.0. The number of halogens is 1. The average molecular weight is 444 g/mol. The van der Waals surface area contributed by atoms with Crippen molar-refractivity contribution in [3.63, 3.8) is 0 Å². The number of ether oxygens (including phenoxy) is 1. The molecule has 7 nitrogen and oxygen atoms in total. The van der Waals surface area contributed by atoms with Crippen molar-refractivity contribution >= 4 is 19.2 Å². The Kier molecular flexibility index (Phi) is 7.05. The van der Waals surface area contributed by atoms with Gasteiger partial charge in [0.2, 0.25) is 7.37 Å². The highest BCUT2D eigenvalue weighted by atomic mass is 31.2. The van der Waals surface area contributed by atoms with Crippen LogP contribution in [-0.2, 0) is 21.9 Å². The first-order valence-corrected chi connectivity index (χ1v) is 11.5. The fraction of sp³-hybridized carbons (Fsp3) is 0.182. The SMILES string of the molecule is Nc1ccc(CC(CP(=O)(O)Cc2cccc(Oc3ccccc3F)c2)C(=O)O)cn1. The van der Waals surface area contributed by atoms with Crippen LogP contribution < -0.4 is 10.5 Å². The molecule has 3 rings (SSSR count). The van der Waals surface area contributed by atoms with Gasteiger partial charge in [-0.25, -0.2) is 9.37 Å². The lowest BCUT2D eigenvalue weighted by Gasteiger charge is -2.18. The van der Waals surface area contributed by atoms with E-state index in [-0.39, 0.29) is 18.3 Å². The van der Waals surface area contributed by atoms with E-state index in [9.17, 15) is 23.7 Å². The van der Waals surface area contributed by atoms with Gasteiger partial charge in [-0.05, 0) is 47.9 Å². The van der Waals surface area contributed by atoms with Gasteiger partial charge in [-0.1, -0.05) is 30.3 Å². The summed E-state index contributed by atoms with van der Waals surface area (Å²) < 4.78 is 32.1. The molecular weight excluding hydrogens is 422 g/mol. The Morgan fingerprint density at radius 1 is 1.13 bits per heavy atom. The van der Waals surface area contributed by atoms with Crippen molar-refractivity contribution in [2.24, 2.45) is 5.92 Å². The molecule has 4 N–H and O–H groups in total. The fourth-order valence-electron chi connectivity index (χ4n) is 3.13. The Labute approximate surface area is 178 Å². The number of nitrogens with two attached hydrogens (primary N) is 1. The topological polar surface area (TPSA) is 123 Å². The van der Waals surface area contributed by atoms with Crippen molar-refractivity contribution < 1.29 is 28.5 Å². The molecule has 31 heavy (non-hydrogen) atoms. The molecule has 0 fully saturated rings. The minimum atomic E-state index is -3.84. The van der Waals surface area contributed by atoms with E-state index in [1.807, 2.05) is 0 Å². The van der Waals surface area contributed by atoms with Gasteiger partial charge in [0.05, 0.1) is 5.92 Å². The maximum atomic E-state index is 13.8. The van der Waals surface area contributed by atoms with Crippen LogP contribution >= 0.6 is 7.37 Å². The Morgan fingerprint density at radius 2 is 1.90 bits per heavy atom. The summed E-state index contributed by atoms with van der Waals surface area (Å²) in [5, 5.41) is 9.52. The lowest BCUT2D eigenvalue weighted by molar-refractivity contribution is -0.141. The summed E-state index contributed by atoms with van der Waals surface area (Å²) in [6.07, 6.45) is 0.886. The number of nitrogens with zero attached hydrogens (tertiary/aromatic N) is 1. The highest BCUT2D eigenvalue weighted by molar-refractivity contribution is 7.57. The van der Waals surface area contributed by atoms with E-state index in [0.717, 1.165) is 0 Å². The molecule has 0 bridgehead atoms. The largest absolute Gasteiger partial charge is 0.481 e. The van der Waals surface area contributed by atoms with Gasteiger partial charge in [-0.15, -0.1) is 0 Å². The first-order chi connectivity index (χ1) is 14.7. The van der Waals surface area contributed by atoms with E-state index in [0.29, 0.717) is 22.7 Å². The summed E-state index contributed by atoms with van der Waals surface area (Å²) in [7, 11) is -3.84. The van der Waals surface area contributed by atoms with Crippen LogP contribution in [0, 0.1) is 11.7 Å². The second-order valence-electron chi connectivity index (χ2n) is 7.20. The molecule has 2 unspecified atom stereocenters. The third kappa shape index (κ3) is 6.64. The second kappa shape index (κ2) is 9.73. The summed E-state index contributed by atoms with van der Waals surface area (Å²) >= 11 is 0. The van der Waals surface area contributed by atoms with E-state index in [2.05, 4.69) is 4.98 Å². The number of para-hydroxylation sites is 1. The molecule has 2 aromatic carbocycles. The molecule has 1 aromatic heterocycles. The number of benzene rings is 2. The summed E-state index contributed by atoms with van der Waals surface area (Å²) in [6.45, 7) is 0. The van der Waals surface area contributed by atoms with E-state index in [4.69, 9.17) is 10.5 Å². The van der Waals surface area contributed by atoms with Crippen LogP contribution in [0.15, 0.2) is 66.9 Å². The number of carboxylic acid groups (broad SMARTS) is 1. The van der Waals surface area contributed by atoms with Gasteiger partial charge in [-0.3, -0.25) is 9.36 Å². The number of carbonyl (C=O) groups is 1. The average Bonchev–Trinajstić information content (AvgIpc) is 2.70. The monoisotopic (exact) mass is 444 g/mol. The second-order valence-corrected chi connectivity index (χ2v) is 9.57. The smallest absolute Gasteiger partial charge is 0.307 e. The van der Waals surface area contributed by atoms with Crippen LogP contribution in [0.2, 0.25) is 0 Å². The number of aliphatic carboxylic acids is 1. The highest BCUT2D eigenvalue weighted by Gasteiger charge is 2.29. The van der Waals surface area contributed by atoms with Crippen LogP contribution in [-0.4, -0.2) is 27.1 Å². The molecule has 0 radical (unpaired) electrons. The van der Waals surface area contributed by atoms with Gasteiger partial charge in [0.1, 0.15) is 11.6 Å². The molecule has 0 spiro atoms. The van der Waals surface area contributed by atoms with Gasteiger partial charge < -0.3 is 20.5 Å². The summed E-state index contributed by atoms with van der Waals surface area (Å²) in [5.41, 5.74) is 6.63. The first-order valence-electron chi connectivity index (χ1n) is 9.47. The molecule has 0 aliphatic rings. The quantitative estimate of drug-likeness (QED) is 0.420. The summed E-state index contributed by atoms with van der Waals surface area (Å²) in [6, 6.07) is 15.5. The first kappa shape index (κ1) is 22.5. The van der Waals surface area contributed by atoms with Crippen molar-refractivity contribution in [3.8, 4) is 11.5 Å². The van der Waals surface area contributed by atoms with Gasteiger partial charge in [0.15, 0.2) is 11.6 Å². The number of aromatic nitrogens is 1. The normalized spacial score (nSPS) is 13.9. The molecule has 162 valence electrons. The number of hydrogen-bond acceptors (Lipinski definition) is 5. The van der Waals surface area contributed by atoms with Crippen LogP contribution in [0.1, 0.15) is 11.1 Å². The molecular formula is C22H22FN2O5P. The fourth-order valence-corrected chi connectivity index (χ4v) is 5.00. The number of hydrogen-bond donors (Lipinski definition) is 3. The number of rotatable bonds is 9. The number of pyridine rings is 1. The molecule has 3 aromatic rings. The van der Waals surface area contributed by atoms with Gasteiger partial charge in [0, 0.05) is 18.5 Å². The Balaban J connectivity index is 1.70. The zero-order valence-electron chi connectivity index (χ0n) is 16.5. The zero-order valence-corrected chi connectivity index (χ0v) is 17.4. The van der Waals surface area contributed by atoms with E-state index in [1.165, 1.54) is 24.4 Å². The minimum Gasteiger partial charge on any atom is -0.481 e. The predicted octanol–water partition coefficient (Wildman–Crippen LogP) is 4.31. The number of nitrogen functional groups attached to an aromatic ring is 1. The van der Waals surface area contributed by atoms with Crippen LogP contribution in [0.4, 0.5) is 10.2 Å². The lowest BCUT2D eigenvalue weighted by Crippen LogP contribution is -2.21. The maximum absolute atomic E-state index is 13.8.